The van der Waals surface area contributed by atoms with Gasteiger partial charge in [-0.1, -0.05) is 38.5 Å². The molecule has 5 nitrogen and oxygen atoms in total. The normalized spacial score (nSPS) is 16.4. The van der Waals surface area contributed by atoms with E-state index in [1.165, 1.54) is 19.3 Å². The molecule has 0 spiro atoms. The van der Waals surface area contributed by atoms with E-state index in [0.29, 0.717) is 12.5 Å². The minimum Gasteiger partial charge on any atom is -0.370 e. The predicted octanol–water partition coefficient (Wildman–Crippen LogP) is 2.66. The molecule has 0 amide bonds. The first-order valence-corrected chi connectivity index (χ1v) is 7.63. The minimum absolute atomic E-state index is 0. The fourth-order valence-electron chi connectivity index (χ4n) is 1.78. The lowest BCUT2D eigenvalue weighted by molar-refractivity contribution is 0.315. The van der Waals surface area contributed by atoms with Crippen molar-refractivity contribution in [3.63, 3.8) is 0 Å². The Morgan fingerprint density at radius 3 is 2.60 bits per heavy atom. The van der Waals surface area contributed by atoms with Crippen molar-refractivity contribution < 1.29 is 0 Å². The molecule has 1 aliphatic carbocycles. The van der Waals surface area contributed by atoms with Crippen molar-refractivity contribution in [3.8, 4) is 0 Å². The Labute approximate surface area is 141 Å². The monoisotopic (exact) mass is 409 g/mol. The van der Waals surface area contributed by atoms with Gasteiger partial charge in [-0.2, -0.15) is 0 Å². The van der Waals surface area contributed by atoms with Crippen LogP contribution in [0.2, 0.25) is 0 Å². The zero-order valence-corrected chi connectivity index (χ0v) is 15.5. The van der Waals surface area contributed by atoms with Crippen LogP contribution >= 0.6 is 35.3 Å². The van der Waals surface area contributed by atoms with E-state index in [-0.39, 0.29) is 29.4 Å². The molecule has 7 heteroatoms. The maximum Gasteiger partial charge on any atom is 0.189 e. The summed E-state index contributed by atoms with van der Waals surface area (Å²) in [6.07, 6.45) is 3.97. The van der Waals surface area contributed by atoms with Crippen LogP contribution in [0.5, 0.6) is 0 Å². The van der Waals surface area contributed by atoms with Gasteiger partial charge < -0.3 is 11.1 Å². The van der Waals surface area contributed by atoms with Gasteiger partial charge in [-0.3, -0.25) is 0 Å². The number of nitrogens with two attached hydrogens (primary N) is 1. The Bertz CT molecular complexity index is 448. The molecule has 0 saturated heterocycles. The number of aromatic nitrogens is 2. The molecule has 0 aliphatic heterocycles. The molecule has 1 fully saturated rings. The van der Waals surface area contributed by atoms with Crippen molar-refractivity contribution in [1.29, 1.82) is 0 Å². The second kappa shape index (κ2) is 7.53. The molecule has 0 radical (unpaired) electrons. The average Bonchev–Trinajstić information content (AvgIpc) is 2.72. The molecular weight excluding hydrogens is 385 g/mol. The number of rotatable bonds is 4. The van der Waals surface area contributed by atoms with Gasteiger partial charge >= 0.3 is 0 Å². The zero-order valence-electron chi connectivity index (χ0n) is 12.3. The number of guanidine groups is 1. The van der Waals surface area contributed by atoms with Crippen molar-refractivity contribution in [2.24, 2.45) is 16.6 Å². The predicted molar refractivity (Wildman–Crippen MR) is 94.7 cm³/mol. The van der Waals surface area contributed by atoms with Crippen LogP contribution in [0.1, 0.15) is 50.0 Å². The van der Waals surface area contributed by atoms with Gasteiger partial charge in [0.2, 0.25) is 0 Å². The van der Waals surface area contributed by atoms with Crippen molar-refractivity contribution in [3.05, 3.63) is 10.0 Å². The first-order valence-electron chi connectivity index (χ1n) is 6.82. The molecule has 0 aromatic carbocycles. The number of aliphatic imine (C=N–C) groups is 1. The lowest BCUT2D eigenvalue weighted by atomic mass is 9.85. The number of nitrogens with zero attached hydrogens (tertiary/aromatic N) is 3. The molecule has 0 atom stereocenters. The molecule has 20 heavy (non-hydrogen) atoms. The van der Waals surface area contributed by atoms with Gasteiger partial charge in [-0.05, 0) is 18.8 Å². The summed E-state index contributed by atoms with van der Waals surface area (Å²) < 4.78 is 0. The Kier molecular flexibility index (Phi) is 6.63. The Morgan fingerprint density at radius 1 is 1.40 bits per heavy atom. The molecule has 2 rings (SSSR count). The highest BCUT2D eigenvalue weighted by Crippen LogP contribution is 2.26. The maximum atomic E-state index is 5.84. The first-order chi connectivity index (χ1) is 8.95. The van der Waals surface area contributed by atoms with Crippen molar-refractivity contribution in [1.82, 2.24) is 15.5 Å². The molecule has 114 valence electrons. The smallest absolute Gasteiger partial charge is 0.189 e. The molecule has 1 aromatic rings. The highest BCUT2D eigenvalue weighted by atomic mass is 127. The summed E-state index contributed by atoms with van der Waals surface area (Å²) in [6, 6.07) is 0. The second-order valence-corrected chi connectivity index (χ2v) is 7.19. The Hall–Kier alpha value is -0.440. The van der Waals surface area contributed by atoms with Crippen LogP contribution in [-0.4, -0.2) is 22.7 Å². The van der Waals surface area contributed by atoms with Crippen LogP contribution in [0.15, 0.2) is 4.99 Å². The number of hydrogen-bond acceptors (Lipinski definition) is 4. The lowest BCUT2D eigenvalue weighted by Crippen LogP contribution is -2.37. The summed E-state index contributed by atoms with van der Waals surface area (Å²) in [5, 5.41) is 13.5. The van der Waals surface area contributed by atoms with Crippen LogP contribution in [0.25, 0.3) is 0 Å². The van der Waals surface area contributed by atoms with Gasteiger partial charge in [0.1, 0.15) is 10.0 Å². The third-order valence-electron chi connectivity index (χ3n) is 3.29. The first kappa shape index (κ1) is 17.6. The fourth-order valence-corrected chi connectivity index (χ4v) is 2.60. The van der Waals surface area contributed by atoms with E-state index < -0.39 is 0 Å². The average molecular weight is 409 g/mol. The number of nitrogens with one attached hydrogen (secondary N) is 1. The number of halogens is 1. The summed E-state index contributed by atoms with van der Waals surface area (Å²) in [5.74, 6) is 1.29. The van der Waals surface area contributed by atoms with Crippen LogP contribution < -0.4 is 11.1 Å². The third kappa shape index (κ3) is 5.16. The molecule has 0 bridgehead atoms. The highest BCUT2D eigenvalue weighted by Gasteiger charge is 2.19. The van der Waals surface area contributed by atoms with E-state index in [2.05, 4.69) is 41.3 Å². The van der Waals surface area contributed by atoms with Crippen LogP contribution in [0, 0.1) is 5.92 Å². The lowest BCUT2D eigenvalue weighted by Gasteiger charge is -2.25. The quantitative estimate of drug-likeness (QED) is 0.456. The highest BCUT2D eigenvalue weighted by molar-refractivity contribution is 14.0. The van der Waals surface area contributed by atoms with E-state index in [1.807, 2.05) is 0 Å². The fraction of sp³-hybridized carbons (Fsp3) is 0.769. The van der Waals surface area contributed by atoms with Gasteiger partial charge in [0.25, 0.3) is 0 Å². The molecule has 0 unspecified atom stereocenters. The topological polar surface area (TPSA) is 76.2 Å². The maximum absolute atomic E-state index is 5.84. The Balaban J connectivity index is 0.00000200. The summed E-state index contributed by atoms with van der Waals surface area (Å²) in [6.45, 7) is 7.86. The van der Waals surface area contributed by atoms with Crippen LogP contribution in [0.3, 0.4) is 0 Å². The van der Waals surface area contributed by atoms with Gasteiger partial charge in [-0.25, -0.2) is 4.99 Å². The summed E-state index contributed by atoms with van der Waals surface area (Å²) >= 11 is 1.61. The van der Waals surface area contributed by atoms with Gasteiger partial charge in [0, 0.05) is 12.0 Å². The van der Waals surface area contributed by atoms with Crippen molar-refractivity contribution >= 4 is 41.3 Å². The molecule has 1 aromatic heterocycles. The molecule has 1 heterocycles. The van der Waals surface area contributed by atoms with Crippen molar-refractivity contribution in [2.45, 2.75) is 52.0 Å². The van der Waals surface area contributed by atoms with Gasteiger partial charge in [0.05, 0.1) is 6.54 Å². The largest absolute Gasteiger partial charge is 0.370 e. The standard InChI is InChI=1S/C13H23N5S.HI/c1-13(2,3)11-18-17-10(19-11)8-16-12(14)15-7-9-5-4-6-9;/h9H,4-8H2,1-3H3,(H3,14,15,16);1H. The SMILES string of the molecule is CC(C)(C)c1nnc(CN=C(N)NCC2CCC2)s1.I. The van der Waals surface area contributed by atoms with E-state index in [1.54, 1.807) is 11.3 Å². The van der Waals surface area contributed by atoms with Crippen molar-refractivity contribution in [2.75, 3.05) is 6.54 Å². The summed E-state index contributed by atoms with van der Waals surface area (Å²) in [5.41, 5.74) is 5.89. The second-order valence-electron chi connectivity index (χ2n) is 6.13. The molecule has 1 aliphatic rings. The van der Waals surface area contributed by atoms with E-state index in [4.69, 9.17) is 5.73 Å². The van der Waals surface area contributed by atoms with Gasteiger partial charge in [0.15, 0.2) is 5.96 Å². The van der Waals surface area contributed by atoms with Crippen LogP contribution in [-0.2, 0) is 12.0 Å². The van der Waals surface area contributed by atoms with Gasteiger partial charge in [-0.15, -0.1) is 34.2 Å². The summed E-state index contributed by atoms with van der Waals surface area (Å²) in [4.78, 5) is 4.31. The molecule has 1 saturated carbocycles. The zero-order chi connectivity index (χ0) is 13.9. The number of hydrogen-bond donors (Lipinski definition) is 2. The van der Waals surface area contributed by atoms with Crippen LogP contribution in [0.4, 0.5) is 0 Å². The van der Waals surface area contributed by atoms with E-state index >= 15 is 0 Å². The Morgan fingerprint density at radius 2 is 2.10 bits per heavy atom. The van der Waals surface area contributed by atoms with E-state index in [0.717, 1.165) is 22.5 Å². The molecular formula is C13H24IN5S. The molecule has 3 N–H and O–H groups in total. The van der Waals surface area contributed by atoms with E-state index in [9.17, 15) is 0 Å². The minimum atomic E-state index is 0. The summed E-state index contributed by atoms with van der Waals surface area (Å²) in [7, 11) is 0. The third-order valence-corrected chi connectivity index (χ3v) is 4.62.